The van der Waals surface area contributed by atoms with E-state index in [0.717, 1.165) is 19.2 Å². The maximum atomic E-state index is 13.3. The Morgan fingerprint density at radius 2 is 2.06 bits per heavy atom. The van der Waals surface area contributed by atoms with E-state index in [9.17, 15) is 8.78 Å². The highest BCUT2D eigenvalue weighted by atomic mass is 35.5. The van der Waals surface area contributed by atoms with E-state index in [4.69, 9.17) is 0 Å². The smallest absolute Gasteiger partial charge is 0.127 e. The molecular weight excluding hydrogens is 234 g/mol. The maximum Gasteiger partial charge on any atom is 0.127 e. The van der Waals surface area contributed by atoms with Gasteiger partial charge in [0.15, 0.2) is 0 Å². The Morgan fingerprint density at radius 3 is 2.62 bits per heavy atom. The summed E-state index contributed by atoms with van der Waals surface area (Å²) in [5, 5.41) is 3.14. The zero-order valence-corrected chi connectivity index (χ0v) is 9.86. The molecule has 1 aromatic rings. The first-order valence-corrected chi connectivity index (χ1v) is 5.01. The molecule has 0 atom stereocenters. The van der Waals surface area contributed by atoms with E-state index in [-0.39, 0.29) is 24.0 Å². The highest BCUT2D eigenvalue weighted by Gasteiger charge is 2.22. The second-order valence-corrected chi connectivity index (χ2v) is 3.96. The third kappa shape index (κ3) is 2.90. The van der Waals surface area contributed by atoms with E-state index in [0.29, 0.717) is 18.2 Å². The van der Waals surface area contributed by atoms with Gasteiger partial charge in [0.05, 0.1) is 0 Å². The Balaban J connectivity index is 0.00000128. The van der Waals surface area contributed by atoms with Crippen LogP contribution in [0.25, 0.3) is 0 Å². The molecule has 1 fully saturated rings. The van der Waals surface area contributed by atoms with Gasteiger partial charge in [-0.15, -0.1) is 12.4 Å². The van der Waals surface area contributed by atoms with Crippen molar-refractivity contribution in [1.29, 1.82) is 0 Å². The average molecular weight is 249 g/mol. The molecule has 1 aliphatic heterocycles. The molecule has 5 heteroatoms. The van der Waals surface area contributed by atoms with Crippen molar-refractivity contribution in [1.82, 2.24) is 10.2 Å². The minimum absolute atomic E-state index is 0. The Hall–Kier alpha value is -0.710. The van der Waals surface area contributed by atoms with Gasteiger partial charge in [-0.05, 0) is 25.2 Å². The third-order valence-corrected chi connectivity index (χ3v) is 2.81. The molecule has 0 aliphatic carbocycles. The van der Waals surface area contributed by atoms with Gasteiger partial charge in [0, 0.05) is 31.2 Å². The Bertz CT molecular complexity index is 356. The van der Waals surface area contributed by atoms with E-state index in [1.165, 1.54) is 12.1 Å². The number of nitrogens with one attached hydrogen (secondary N) is 1. The van der Waals surface area contributed by atoms with Crippen LogP contribution >= 0.6 is 12.4 Å². The van der Waals surface area contributed by atoms with Crippen LogP contribution in [0.15, 0.2) is 18.2 Å². The number of hydrogen-bond acceptors (Lipinski definition) is 2. The lowest BCUT2D eigenvalue weighted by atomic mass is 10.1. The van der Waals surface area contributed by atoms with Gasteiger partial charge >= 0.3 is 0 Å². The van der Waals surface area contributed by atoms with Gasteiger partial charge < -0.3 is 5.32 Å². The topological polar surface area (TPSA) is 15.3 Å². The average Bonchev–Trinajstić information content (AvgIpc) is 2.08. The van der Waals surface area contributed by atoms with Crippen LogP contribution in [0, 0.1) is 11.6 Å². The van der Waals surface area contributed by atoms with Crippen LogP contribution in [-0.4, -0.2) is 31.1 Å². The fourth-order valence-corrected chi connectivity index (χ4v) is 1.65. The first-order chi connectivity index (χ1) is 7.16. The summed E-state index contributed by atoms with van der Waals surface area (Å²) in [6, 6.07) is 4.02. The van der Waals surface area contributed by atoms with E-state index < -0.39 is 0 Å². The van der Waals surface area contributed by atoms with Crippen molar-refractivity contribution in [2.45, 2.75) is 12.6 Å². The molecule has 1 heterocycles. The first-order valence-electron chi connectivity index (χ1n) is 5.01. The van der Waals surface area contributed by atoms with Crippen molar-refractivity contribution in [2.24, 2.45) is 0 Å². The van der Waals surface area contributed by atoms with Crippen LogP contribution < -0.4 is 5.32 Å². The van der Waals surface area contributed by atoms with Gasteiger partial charge in [0.25, 0.3) is 0 Å². The Morgan fingerprint density at radius 1 is 1.38 bits per heavy atom. The molecule has 1 aliphatic rings. The molecule has 1 saturated heterocycles. The number of hydrogen-bond donors (Lipinski definition) is 1. The van der Waals surface area contributed by atoms with Gasteiger partial charge in [-0.3, -0.25) is 4.90 Å². The van der Waals surface area contributed by atoms with Crippen LogP contribution in [0.2, 0.25) is 0 Å². The second kappa shape index (κ2) is 5.57. The van der Waals surface area contributed by atoms with Crippen LogP contribution in [0.4, 0.5) is 8.78 Å². The zero-order valence-electron chi connectivity index (χ0n) is 9.04. The van der Waals surface area contributed by atoms with Gasteiger partial charge in [-0.1, -0.05) is 0 Å². The summed E-state index contributed by atoms with van der Waals surface area (Å²) in [5.41, 5.74) is 0.421. The van der Waals surface area contributed by atoms with Crippen molar-refractivity contribution in [3.8, 4) is 0 Å². The normalized spacial score (nSPS) is 15.8. The molecule has 0 amide bonds. The third-order valence-electron chi connectivity index (χ3n) is 2.81. The molecule has 1 aromatic carbocycles. The summed E-state index contributed by atoms with van der Waals surface area (Å²) in [6.45, 7) is 2.30. The number of likely N-dealkylation sites (N-methyl/N-ethyl adjacent to an activating group) is 1. The number of nitrogens with zero attached hydrogens (tertiary/aromatic N) is 1. The molecule has 0 bridgehead atoms. The van der Waals surface area contributed by atoms with Crippen molar-refractivity contribution < 1.29 is 8.78 Å². The minimum Gasteiger partial charge on any atom is -0.314 e. The van der Waals surface area contributed by atoms with Crippen LogP contribution in [0.3, 0.4) is 0 Å². The standard InChI is InChI=1S/C11H14F2N2.ClH/c1-15(10-5-14-6-10)7-8-4-9(12)2-3-11(8)13;/h2-4,10,14H,5-7H2,1H3;1H. The SMILES string of the molecule is CN(Cc1cc(F)ccc1F)C1CNC1.Cl. The van der Waals surface area contributed by atoms with E-state index >= 15 is 0 Å². The van der Waals surface area contributed by atoms with Gasteiger partial charge in [-0.2, -0.15) is 0 Å². The largest absolute Gasteiger partial charge is 0.314 e. The van der Waals surface area contributed by atoms with Crippen molar-refractivity contribution in [3.63, 3.8) is 0 Å². The Kier molecular flexibility index (Phi) is 4.65. The van der Waals surface area contributed by atoms with Gasteiger partial charge in [0.1, 0.15) is 11.6 Å². The summed E-state index contributed by atoms with van der Waals surface area (Å²) in [4.78, 5) is 2.04. The maximum absolute atomic E-state index is 13.3. The van der Waals surface area contributed by atoms with E-state index in [2.05, 4.69) is 5.32 Å². The summed E-state index contributed by atoms with van der Waals surface area (Å²) >= 11 is 0. The lowest BCUT2D eigenvalue weighted by Crippen LogP contribution is -2.55. The number of halogens is 3. The van der Waals surface area contributed by atoms with Gasteiger partial charge in [-0.25, -0.2) is 8.78 Å². The zero-order chi connectivity index (χ0) is 10.8. The molecule has 0 spiro atoms. The van der Waals surface area contributed by atoms with Crippen molar-refractivity contribution in [3.05, 3.63) is 35.4 Å². The highest BCUT2D eigenvalue weighted by Crippen LogP contribution is 2.14. The quantitative estimate of drug-likeness (QED) is 0.878. The fourth-order valence-electron chi connectivity index (χ4n) is 1.65. The highest BCUT2D eigenvalue weighted by molar-refractivity contribution is 5.85. The van der Waals surface area contributed by atoms with Crippen molar-refractivity contribution in [2.75, 3.05) is 20.1 Å². The summed E-state index contributed by atoms with van der Waals surface area (Å²) in [5.74, 6) is -0.720. The molecule has 2 nitrogen and oxygen atoms in total. The predicted molar refractivity (Wildman–Crippen MR) is 61.7 cm³/mol. The summed E-state index contributed by atoms with van der Waals surface area (Å²) < 4.78 is 26.2. The van der Waals surface area contributed by atoms with E-state index in [1.807, 2.05) is 11.9 Å². The number of rotatable bonds is 3. The van der Waals surface area contributed by atoms with Gasteiger partial charge in [0.2, 0.25) is 0 Å². The van der Waals surface area contributed by atoms with Crippen LogP contribution in [-0.2, 0) is 6.54 Å². The van der Waals surface area contributed by atoms with E-state index in [1.54, 1.807) is 0 Å². The molecule has 16 heavy (non-hydrogen) atoms. The first kappa shape index (κ1) is 13.4. The molecular formula is C11H15ClF2N2. The summed E-state index contributed by atoms with van der Waals surface area (Å²) in [7, 11) is 1.93. The monoisotopic (exact) mass is 248 g/mol. The van der Waals surface area contributed by atoms with Crippen LogP contribution in [0.1, 0.15) is 5.56 Å². The fraction of sp³-hybridized carbons (Fsp3) is 0.455. The molecule has 1 N–H and O–H groups in total. The van der Waals surface area contributed by atoms with Crippen molar-refractivity contribution >= 4 is 12.4 Å². The molecule has 90 valence electrons. The Labute approximate surface area is 100 Å². The molecule has 0 aromatic heterocycles. The minimum atomic E-state index is -0.383. The summed E-state index contributed by atoms with van der Waals surface area (Å²) in [6.07, 6.45) is 0. The van der Waals surface area contributed by atoms with Crippen LogP contribution in [0.5, 0.6) is 0 Å². The molecule has 0 unspecified atom stereocenters. The lowest BCUT2D eigenvalue weighted by Gasteiger charge is -2.35. The number of benzene rings is 1. The second-order valence-electron chi connectivity index (χ2n) is 3.96. The molecule has 0 radical (unpaired) electrons. The lowest BCUT2D eigenvalue weighted by molar-refractivity contribution is 0.171. The predicted octanol–water partition coefficient (Wildman–Crippen LogP) is 1.79. The molecule has 2 rings (SSSR count). The molecule has 0 saturated carbocycles.